The van der Waals surface area contributed by atoms with Crippen LogP contribution in [0.3, 0.4) is 0 Å². The number of carbonyl (C=O) groups excluding carboxylic acids is 1. The van der Waals surface area contributed by atoms with Gasteiger partial charge in [-0.05, 0) is 55.1 Å². The molecule has 0 aromatic carbocycles. The molecule has 1 aliphatic heterocycles. The Morgan fingerprint density at radius 3 is 2.96 bits per heavy atom. The molecule has 0 amide bonds. The van der Waals surface area contributed by atoms with Gasteiger partial charge in [-0.1, -0.05) is 30.7 Å². The second kappa shape index (κ2) is 5.96. The van der Waals surface area contributed by atoms with Gasteiger partial charge in [0.15, 0.2) is 0 Å². The largest absolute Gasteiger partial charge is 0.426 e. The molecule has 2 N–H and O–H groups in total. The number of hydrogen-bond acceptors (Lipinski definition) is 4. The molecule has 3 fully saturated rings. The van der Waals surface area contributed by atoms with Gasteiger partial charge < -0.3 is 4.74 Å². The van der Waals surface area contributed by atoms with Gasteiger partial charge in [-0.2, -0.15) is 0 Å². The van der Waals surface area contributed by atoms with Crippen molar-refractivity contribution < 1.29 is 9.53 Å². The topological polar surface area (TPSA) is 50.4 Å². The fraction of sp³-hybridized carbons (Fsp3) is 0.571. The summed E-state index contributed by atoms with van der Waals surface area (Å²) in [6.07, 6.45) is 14.3. The summed E-state index contributed by atoms with van der Waals surface area (Å²) in [6, 6.07) is 0.667. The van der Waals surface area contributed by atoms with E-state index < -0.39 is 0 Å². The van der Waals surface area contributed by atoms with Crippen molar-refractivity contribution in [3.8, 4) is 0 Å². The summed E-state index contributed by atoms with van der Waals surface area (Å²) in [5, 5.41) is 0. The Labute approximate surface area is 149 Å². The van der Waals surface area contributed by atoms with Crippen LogP contribution in [-0.4, -0.2) is 18.6 Å². The number of allylic oxidation sites excluding steroid dienone is 6. The highest BCUT2D eigenvalue weighted by Crippen LogP contribution is 2.53. The van der Waals surface area contributed by atoms with E-state index in [1.807, 2.05) is 13.0 Å². The van der Waals surface area contributed by atoms with Gasteiger partial charge in [0.2, 0.25) is 0 Å². The first-order valence-electron chi connectivity index (χ1n) is 9.78. The minimum Gasteiger partial charge on any atom is -0.426 e. The summed E-state index contributed by atoms with van der Waals surface area (Å²) in [4.78, 5) is 11.7. The molecule has 5 rings (SSSR count). The molecule has 2 saturated carbocycles. The average Bonchev–Trinajstić information content (AvgIpc) is 3.26. The molecule has 5 unspecified atom stereocenters. The quantitative estimate of drug-likeness (QED) is 0.760. The predicted octanol–water partition coefficient (Wildman–Crippen LogP) is 3.16. The molecule has 5 aliphatic rings. The summed E-state index contributed by atoms with van der Waals surface area (Å²) in [5.74, 6) is 3.42. The van der Waals surface area contributed by atoms with Crippen LogP contribution < -0.4 is 10.9 Å². The van der Waals surface area contributed by atoms with Crippen molar-refractivity contribution in [1.82, 2.24) is 10.9 Å². The molecular weight excluding hydrogens is 312 g/mol. The van der Waals surface area contributed by atoms with Crippen LogP contribution in [0.2, 0.25) is 0 Å². The highest BCUT2D eigenvalue weighted by Gasteiger charge is 2.46. The second-order valence-electron chi connectivity index (χ2n) is 8.09. The van der Waals surface area contributed by atoms with E-state index >= 15 is 0 Å². The van der Waals surface area contributed by atoms with E-state index in [2.05, 4.69) is 29.1 Å². The lowest BCUT2D eigenvalue weighted by Crippen LogP contribution is -2.43. The van der Waals surface area contributed by atoms with Gasteiger partial charge in [-0.15, -0.1) is 0 Å². The van der Waals surface area contributed by atoms with Crippen molar-refractivity contribution in [3.63, 3.8) is 0 Å². The van der Waals surface area contributed by atoms with Gasteiger partial charge in [0, 0.05) is 30.5 Å². The first-order chi connectivity index (χ1) is 12.2. The summed E-state index contributed by atoms with van der Waals surface area (Å²) >= 11 is 0. The Hall–Kier alpha value is -1.65. The monoisotopic (exact) mass is 338 g/mol. The van der Waals surface area contributed by atoms with E-state index in [9.17, 15) is 4.79 Å². The molecule has 1 heterocycles. The van der Waals surface area contributed by atoms with Crippen LogP contribution in [0.5, 0.6) is 0 Å². The molecule has 0 spiro atoms. The zero-order chi connectivity index (χ0) is 17.0. The molecule has 5 atom stereocenters. The van der Waals surface area contributed by atoms with Crippen LogP contribution in [0.1, 0.15) is 39.0 Å². The van der Waals surface area contributed by atoms with Gasteiger partial charge in [-0.3, -0.25) is 15.6 Å². The molecule has 0 bridgehead atoms. The Morgan fingerprint density at radius 2 is 2.08 bits per heavy atom. The molecule has 4 heteroatoms. The number of ether oxygens (including phenoxy) is 1. The number of carbonyl (C=O) groups is 1. The minimum absolute atomic E-state index is 0.153. The Balaban J connectivity index is 1.41. The highest BCUT2D eigenvalue weighted by molar-refractivity contribution is 5.73. The smallest absolute Gasteiger partial charge is 0.310 e. The summed E-state index contributed by atoms with van der Waals surface area (Å²) < 4.78 is 5.53. The lowest BCUT2D eigenvalue weighted by Gasteiger charge is -2.46. The second-order valence-corrected chi connectivity index (χ2v) is 8.09. The number of rotatable bonds is 2. The number of nitrogens with one attached hydrogen (secondary N) is 2. The highest BCUT2D eigenvalue weighted by atomic mass is 16.5. The maximum atomic E-state index is 11.7. The zero-order valence-electron chi connectivity index (χ0n) is 14.8. The van der Waals surface area contributed by atoms with Crippen molar-refractivity contribution >= 4 is 5.97 Å². The van der Waals surface area contributed by atoms with Crippen LogP contribution in [0.15, 0.2) is 46.8 Å². The molecule has 25 heavy (non-hydrogen) atoms. The third-order valence-corrected chi connectivity index (χ3v) is 6.88. The first kappa shape index (κ1) is 15.6. The van der Waals surface area contributed by atoms with Crippen molar-refractivity contribution in [2.75, 3.05) is 6.54 Å². The Morgan fingerprint density at radius 1 is 1.16 bits per heavy atom. The van der Waals surface area contributed by atoms with Crippen molar-refractivity contribution in [3.05, 3.63) is 46.8 Å². The fourth-order valence-corrected chi connectivity index (χ4v) is 5.63. The molecule has 132 valence electrons. The fourth-order valence-electron chi connectivity index (χ4n) is 5.63. The van der Waals surface area contributed by atoms with Crippen LogP contribution in [-0.2, 0) is 9.53 Å². The Kier molecular flexibility index (Phi) is 3.72. The Bertz CT molecular complexity index is 730. The number of hydrazine groups is 1. The molecule has 4 aliphatic carbocycles. The first-order valence-corrected chi connectivity index (χ1v) is 9.78. The van der Waals surface area contributed by atoms with E-state index in [4.69, 9.17) is 4.74 Å². The zero-order valence-corrected chi connectivity index (χ0v) is 14.8. The van der Waals surface area contributed by atoms with Crippen molar-refractivity contribution in [2.24, 2.45) is 23.7 Å². The van der Waals surface area contributed by atoms with Gasteiger partial charge in [0.05, 0.1) is 0 Å². The number of fused-ring (bicyclic) bond motifs is 6. The van der Waals surface area contributed by atoms with E-state index in [-0.39, 0.29) is 5.97 Å². The van der Waals surface area contributed by atoms with E-state index in [0.717, 1.165) is 35.6 Å². The molecule has 1 saturated heterocycles. The van der Waals surface area contributed by atoms with E-state index in [0.29, 0.717) is 18.4 Å². The van der Waals surface area contributed by atoms with Crippen LogP contribution in [0, 0.1) is 23.7 Å². The molecule has 0 radical (unpaired) electrons. The van der Waals surface area contributed by atoms with Crippen molar-refractivity contribution in [1.29, 1.82) is 0 Å². The summed E-state index contributed by atoms with van der Waals surface area (Å²) in [6.45, 7) is 2.94. The van der Waals surface area contributed by atoms with E-state index in [1.54, 1.807) is 5.57 Å². The minimum atomic E-state index is -0.153. The SMILES string of the molecule is CCC(=O)OC1=CC=C2C1=CC=C1C2CCC2CC3NNCC3CC12. The van der Waals surface area contributed by atoms with Gasteiger partial charge in [0.25, 0.3) is 0 Å². The van der Waals surface area contributed by atoms with E-state index in [1.165, 1.54) is 31.3 Å². The maximum Gasteiger partial charge on any atom is 0.310 e. The van der Waals surface area contributed by atoms with Gasteiger partial charge in [0.1, 0.15) is 5.76 Å². The number of esters is 1. The average molecular weight is 338 g/mol. The van der Waals surface area contributed by atoms with Crippen LogP contribution in [0.25, 0.3) is 0 Å². The van der Waals surface area contributed by atoms with Crippen LogP contribution >= 0.6 is 0 Å². The van der Waals surface area contributed by atoms with Gasteiger partial charge in [-0.25, -0.2) is 0 Å². The molecule has 4 nitrogen and oxygen atoms in total. The molecular formula is C21H26N2O2. The lowest BCUT2D eigenvalue weighted by atomic mass is 9.59. The number of hydrogen-bond donors (Lipinski definition) is 2. The third kappa shape index (κ3) is 2.46. The normalized spacial score (nSPS) is 38.4. The third-order valence-electron chi connectivity index (χ3n) is 6.88. The lowest BCUT2D eigenvalue weighted by molar-refractivity contribution is -0.138. The molecule has 0 aromatic rings. The van der Waals surface area contributed by atoms with Gasteiger partial charge >= 0.3 is 5.97 Å². The summed E-state index contributed by atoms with van der Waals surface area (Å²) in [5.41, 5.74) is 11.0. The van der Waals surface area contributed by atoms with Crippen molar-refractivity contribution in [2.45, 2.75) is 45.1 Å². The maximum absolute atomic E-state index is 11.7. The summed E-state index contributed by atoms with van der Waals surface area (Å²) in [7, 11) is 0. The van der Waals surface area contributed by atoms with Crippen LogP contribution in [0.4, 0.5) is 0 Å². The predicted molar refractivity (Wildman–Crippen MR) is 96.1 cm³/mol. The standard InChI is InChI=1S/C21H26N2O2/c1-2-21(24)25-20-8-7-15-14-4-3-12-10-19-13(11-22-23-19)9-18(12)16(14)5-6-17(15)20/h5-8,12-14,18-19,22-23H,2-4,9-11H2,1H3. The molecule has 0 aromatic heterocycles.